The van der Waals surface area contributed by atoms with Crippen molar-refractivity contribution in [1.82, 2.24) is 9.88 Å². The second-order valence-electron chi connectivity index (χ2n) is 8.07. The largest absolute Gasteiger partial charge is 0.444 e. The zero-order chi connectivity index (χ0) is 19.2. The van der Waals surface area contributed by atoms with Gasteiger partial charge in [0, 0.05) is 34.9 Å². The van der Waals surface area contributed by atoms with Gasteiger partial charge in [-0.05, 0) is 56.5 Å². The van der Waals surface area contributed by atoms with Crippen molar-refractivity contribution in [2.45, 2.75) is 38.8 Å². The Morgan fingerprint density at radius 1 is 1.19 bits per heavy atom. The first-order chi connectivity index (χ1) is 12.8. The van der Waals surface area contributed by atoms with E-state index in [0.29, 0.717) is 12.2 Å². The standard InChI is InChI=1S/C22H25N3O2/c1-22(2,3)27-21(26)25-11-10-14-6-4-5-7-16(14)20(25)18-13-24-19-9-8-15(23)12-17(18)19/h4-9,12-13,20,24H,10-11,23H2,1-3H3. The molecule has 5 heteroatoms. The number of anilines is 1. The van der Waals surface area contributed by atoms with Crippen molar-refractivity contribution in [3.8, 4) is 0 Å². The molecule has 4 rings (SSSR count). The SMILES string of the molecule is CC(C)(C)OC(=O)N1CCc2ccccc2C1c1c[nH]c2ccc(N)cc12. The Kier molecular flexibility index (Phi) is 4.10. The number of amides is 1. The Morgan fingerprint density at radius 2 is 1.96 bits per heavy atom. The second kappa shape index (κ2) is 6.34. The molecule has 0 radical (unpaired) electrons. The van der Waals surface area contributed by atoms with Crippen molar-refractivity contribution in [3.05, 3.63) is 65.4 Å². The minimum atomic E-state index is -0.538. The van der Waals surface area contributed by atoms with Crippen molar-refractivity contribution in [3.63, 3.8) is 0 Å². The Labute approximate surface area is 159 Å². The van der Waals surface area contributed by atoms with Gasteiger partial charge >= 0.3 is 6.09 Å². The van der Waals surface area contributed by atoms with Crippen LogP contribution in [0.1, 0.15) is 43.5 Å². The van der Waals surface area contributed by atoms with E-state index in [1.807, 2.05) is 62.2 Å². The smallest absolute Gasteiger partial charge is 0.411 e. The van der Waals surface area contributed by atoms with Crippen LogP contribution in [0.5, 0.6) is 0 Å². The maximum atomic E-state index is 13.0. The summed E-state index contributed by atoms with van der Waals surface area (Å²) in [6.07, 6.45) is 2.50. The summed E-state index contributed by atoms with van der Waals surface area (Å²) in [5.41, 5.74) is 10.6. The van der Waals surface area contributed by atoms with E-state index in [1.54, 1.807) is 0 Å². The third-order valence-electron chi connectivity index (χ3n) is 4.94. The van der Waals surface area contributed by atoms with E-state index in [9.17, 15) is 4.79 Å². The minimum absolute atomic E-state index is 0.208. The van der Waals surface area contributed by atoms with Gasteiger partial charge in [0.15, 0.2) is 0 Å². The first-order valence-electron chi connectivity index (χ1n) is 9.27. The Bertz CT molecular complexity index is 1000. The summed E-state index contributed by atoms with van der Waals surface area (Å²) in [6, 6.07) is 13.9. The van der Waals surface area contributed by atoms with Crippen LogP contribution in [0.4, 0.5) is 10.5 Å². The summed E-state index contributed by atoms with van der Waals surface area (Å²) >= 11 is 0. The van der Waals surface area contributed by atoms with Crippen molar-refractivity contribution >= 4 is 22.7 Å². The van der Waals surface area contributed by atoms with E-state index < -0.39 is 5.60 Å². The van der Waals surface area contributed by atoms with Crippen molar-refractivity contribution in [1.29, 1.82) is 0 Å². The van der Waals surface area contributed by atoms with E-state index in [0.717, 1.165) is 28.5 Å². The summed E-state index contributed by atoms with van der Waals surface area (Å²) in [6.45, 7) is 6.30. The number of hydrogen-bond acceptors (Lipinski definition) is 3. The van der Waals surface area contributed by atoms with Gasteiger partial charge in [-0.15, -0.1) is 0 Å². The number of ether oxygens (including phenoxy) is 1. The number of aromatic nitrogens is 1. The lowest BCUT2D eigenvalue weighted by Gasteiger charge is -2.38. The lowest BCUT2D eigenvalue weighted by molar-refractivity contribution is 0.0179. The topological polar surface area (TPSA) is 71.3 Å². The van der Waals surface area contributed by atoms with Crippen LogP contribution in [0.15, 0.2) is 48.7 Å². The molecule has 0 saturated heterocycles. The van der Waals surface area contributed by atoms with Gasteiger partial charge in [0.25, 0.3) is 0 Å². The first-order valence-corrected chi connectivity index (χ1v) is 9.27. The summed E-state index contributed by atoms with van der Waals surface area (Å²) in [7, 11) is 0. The maximum absolute atomic E-state index is 13.0. The molecule has 1 atom stereocenters. The average molecular weight is 363 g/mol. The van der Waals surface area contributed by atoms with E-state index in [4.69, 9.17) is 10.5 Å². The van der Waals surface area contributed by atoms with Crippen LogP contribution in [0, 0.1) is 0 Å². The van der Waals surface area contributed by atoms with Gasteiger partial charge in [0.05, 0.1) is 6.04 Å². The van der Waals surface area contributed by atoms with Crippen molar-refractivity contribution in [2.24, 2.45) is 0 Å². The average Bonchev–Trinajstić information content (AvgIpc) is 3.02. The van der Waals surface area contributed by atoms with Crippen molar-refractivity contribution in [2.75, 3.05) is 12.3 Å². The molecule has 1 unspecified atom stereocenters. The minimum Gasteiger partial charge on any atom is -0.444 e. The molecular formula is C22H25N3O2. The third kappa shape index (κ3) is 3.25. The quantitative estimate of drug-likeness (QED) is 0.619. The van der Waals surface area contributed by atoms with E-state index in [2.05, 4.69) is 17.1 Å². The summed E-state index contributed by atoms with van der Waals surface area (Å²) < 4.78 is 5.71. The van der Waals surface area contributed by atoms with Gasteiger partial charge in [0.1, 0.15) is 5.60 Å². The van der Waals surface area contributed by atoms with Gasteiger partial charge in [0.2, 0.25) is 0 Å². The molecule has 0 fully saturated rings. The monoisotopic (exact) mass is 363 g/mol. The summed E-state index contributed by atoms with van der Waals surface area (Å²) in [4.78, 5) is 18.2. The zero-order valence-electron chi connectivity index (χ0n) is 16.0. The molecule has 5 nitrogen and oxygen atoms in total. The highest BCUT2D eigenvalue weighted by molar-refractivity contribution is 5.87. The molecule has 0 bridgehead atoms. The fraction of sp³-hybridized carbons (Fsp3) is 0.318. The number of fused-ring (bicyclic) bond motifs is 2. The van der Waals surface area contributed by atoms with Crippen LogP contribution in [0.25, 0.3) is 10.9 Å². The molecule has 1 aliphatic rings. The number of nitrogens with one attached hydrogen (secondary N) is 1. The van der Waals surface area contributed by atoms with Gasteiger partial charge in [-0.1, -0.05) is 24.3 Å². The highest BCUT2D eigenvalue weighted by Gasteiger charge is 2.35. The highest BCUT2D eigenvalue weighted by Crippen LogP contribution is 2.39. The van der Waals surface area contributed by atoms with Crippen LogP contribution in [-0.4, -0.2) is 28.1 Å². The summed E-state index contributed by atoms with van der Waals surface area (Å²) in [5, 5.41) is 1.03. The third-order valence-corrected chi connectivity index (χ3v) is 4.94. The van der Waals surface area contributed by atoms with Crippen LogP contribution in [-0.2, 0) is 11.2 Å². The number of carbonyl (C=O) groups is 1. The van der Waals surface area contributed by atoms with Crippen LogP contribution >= 0.6 is 0 Å². The van der Waals surface area contributed by atoms with Gasteiger partial charge < -0.3 is 15.5 Å². The Balaban J connectivity index is 1.85. The van der Waals surface area contributed by atoms with Crippen molar-refractivity contribution < 1.29 is 9.53 Å². The first kappa shape index (κ1) is 17.5. The molecule has 3 N–H and O–H groups in total. The fourth-order valence-corrected chi connectivity index (χ4v) is 3.81. The molecule has 140 valence electrons. The Hall–Kier alpha value is -2.95. The molecule has 1 aromatic heterocycles. The van der Waals surface area contributed by atoms with E-state index in [1.165, 1.54) is 5.56 Å². The zero-order valence-corrected chi connectivity index (χ0v) is 16.0. The predicted octanol–water partition coefficient (Wildman–Crippen LogP) is 4.63. The number of hydrogen-bond donors (Lipinski definition) is 2. The Morgan fingerprint density at radius 3 is 2.74 bits per heavy atom. The molecule has 3 aromatic rings. The molecule has 27 heavy (non-hydrogen) atoms. The lowest BCUT2D eigenvalue weighted by atomic mass is 9.88. The molecule has 0 aliphatic carbocycles. The number of carbonyl (C=O) groups excluding carboxylic acids is 1. The molecule has 1 aliphatic heterocycles. The number of benzene rings is 2. The van der Waals surface area contributed by atoms with Gasteiger partial charge in [-0.2, -0.15) is 0 Å². The van der Waals surface area contributed by atoms with Crippen LogP contribution < -0.4 is 5.73 Å². The number of nitrogen functional groups attached to an aromatic ring is 1. The molecule has 2 aromatic carbocycles. The molecule has 1 amide bonds. The molecule has 2 heterocycles. The van der Waals surface area contributed by atoms with Crippen LogP contribution in [0.3, 0.4) is 0 Å². The normalized spacial score (nSPS) is 17.0. The second-order valence-corrected chi connectivity index (χ2v) is 8.07. The maximum Gasteiger partial charge on any atom is 0.411 e. The van der Waals surface area contributed by atoms with Gasteiger partial charge in [-0.3, -0.25) is 4.90 Å². The summed E-state index contributed by atoms with van der Waals surface area (Å²) in [5.74, 6) is 0. The predicted molar refractivity (Wildman–Crippen MR) is 108 cm³/mol. The number of aromatic amines is 1. The van der Waals surface area contributed by atoms with E-state index >= 15 is 0 Å². The number of nitrogens with two attached hydrogens (primary N) is 1. The number of nitrogens with zero attached hydrogens (tertiary/aromatic N) is 1. The number of rotatable bonds is 1. The van der Waals surface area contributed by atoms with Gasteiger partial charge in [-0.25, -0.2) is 4.79 Å². The van der Waals surface area contributed by atoms with E-state index in [-0.39, 0.29) is 12.1 Å². The van der Waals surface area contributed by atoms with Crippen LogP contribution in [0.2, 0.25) is 0 Å². The molecule has 0 spiro atoms. The molecule has 0 saturated carbocycles. The molecular weight excluding hydrogens is 338 g/mol. The number of H-pyrrole nitrogens is 1. The highest BCUT2D eigenvalue weighted by atomic mass is 16.6. The lowest BCUT2D eigenvalue weighted by Crippen LogP contribution is -2.43. The fourth-order valence-electron chi connectivity index (χ4n) is 3.81.